The minimum atomic E-state index is -3.70. The van der Waals surface area contributed by atoms with Crippen molar-refractivity contribution in [1.29, 1.82) is 0 Å². The molecular formula is C22H23NO5S. The number of aliphatic carboxylic acids is 1. The number of carboxylic acid groups (broad SMARTS) is 1. The number of hydrogen-bond donors (Lipinski definition) is 2. The third kappa shape index (κ3) is 5.56. The lowest BCUT2D eigenvalue weighted by Crippen LogP contribution is -2.25. The molecule has 0 aliphatic rings. The van der Waals surface area contributed by atoms with Crippen LogP contribution in [0.1, 0.15) is 18.4 Å². The van der Waals surface area contributed by atoms with E-state index < -0.39 is 22.6 Å². The van der Waals surface area contributed by atoms with Crippen LogP contribution in [0, 0.1) is 0 Å². The predicted molar refractivity (Wildman–Crippen MR) is 112 cm³/mol. The molecular weight excluding hydrogens is 390 g/mol. The smallest absolute Gasteiger partial charge is 0.341 e. The van der Waals surface area contributed by atoms with E-state index in [9.17, 15) is 13.2 Å². The summed E-state index contributed by atoms with van der Waals surface area (Å²) in [6.45, 7) is -0.142. The van der Waals surface area contributed by atoms with Gasteiger partial charge in [-0.1, -0.05) is 54.6 Å². The van der Waals surface area contributed by atoms with Crippen LogP contribution in [0.15, 0.2) is 71.6 Å². The first-order chi connectivity index (χ1) is 14.0. The van der Waals surface area contributed by atoms with Crippen LogP contribution in [-0.4, -0.2) is 32.6 Å². The third-order valence-corrected chi connectivity index (χ3v) is 6.03. The fourth-order valence-corrected chi connectivity index (χ4v) is 4.43. The highest BCUT2D eigenvalue weighted by atomic mass is 32.2. The molecule has 3 aromatic rings. The normalized spacial score (nSPS) is 11.4. The van der Waals surface area contributed by atoms with Crippen molar-refractivity contribution in [2.75, 3.05) is 13.2 Å². The molecule has 0 unspecified atom stereocenters. The molecule has 0 saturated carbocycles. The second kappa shape index (κ2) is 9.54. The van der Waals surface area contributed by atoms with E-state index in [1.165, 1.54) is 11.6 Å². The van der Waals surface area contributed by atoms with Crippen molar-refractivity contribution >= 4 is 26.8 Å². The van der Waals surface area contributed by atoms with Crippen molar-refractivity contribution in [1.82, 2.24) is 4.72 Å². The Morgan fingerprint density at radius 2 is 1.62 bits per heavy atom. The molecule has 0 radical (unpaired) electrons. The molecule has 7 heteroatoms. The molecule has 3 rings (SSSR count). The highest BCUT2D eigenvalue weighted by Crippen LogP contribution is 2.30. The number of fused-ring (bicyclic) bond motifs is 1. The number of carbonyl (C=O) groups is 1. The van der Waals surface area contributed by atoms with Crippen LogP contribution in [0.25, 0.3) is 10.8 Å². The summed E-state index contributed by atoms with van der Waals surface area (Å²) in [5, 5.41) is 9.86. The summed E-state index contributed by atoms with van der Waals surface area (Å²) in [4.78, 5) is 10.9. The zero-order valence-electron chi connectivity index (χ0n) is 15.9. The van der Waals surface area contributed by atoms with Crippen molar-refractivity contribution < 1.29 is 23.1 Å². The van der Waals surface area contributed by atoms with Gasteiger partial charge in [0.2, 0.25) is 10.0 Å². The van der Waals surface area contributed by atoms with Gasteiger partial charge in [0.05, 0.1) is 4.90 Å². The molecule has 6 nitrogen and oxygen atoms in total. The van der Waals surface area contributed by atoms with Crippen LogP contribution in [0.4, 0.5) is 0 Å². The van der Waals surface area contributed by atoms with E-state index in [2.05, 4.69) is 16.9 Å². The van der Waals surface area contributed by atoms with Gasteiger partial charge >= 0.3 is 5.97 Å². The number of sulfonamides is 1. The first-order valence-electron chi connectivity index (χ1n) is 9.37. The van der Waals surface area contributed by atoms with Gasteiger partial charge in [-0.3, -0.25) is 0 Å². The average molecular weight is 413 g/mol. The molecule has 0 aromatic heterocycles. The van der Waals surface area contributed by atoms with Gasteiger partial charge in [0.15, 0.2) is 6.61 Å². The second-order valence-corrected chi connectivity index (χ2v) is 8.37. The van der Waals surface area contributed by atoms with Crippen LogP contribution >= 0.6 is 0 Å². The Morgan fingerprint density at radius 1 is 0.897 bits per heavy atom. The number of carboxylic acids is 1. The number of rotatable bonds is 10. The van der Waals surface area contributed by atoms with Gasteiger partial charge < -0.3 is 9.84 Å². The quantitative estimate of drug-likeness (QED) is 0.496. The molecule has 2 N–H and O–H groups in total. The maximum Gasteiger partial charge on any atom is 0.341 e. The zero-order valence-corrected chi connectivity index (χ0v) is 16.7. The van der Waals surface area contributed by atoms with Gasteiger partial charge in [0, 0.05) is 17.3 Å². The fourth-order valence-electron chi connectivity index (χ4n) is 3.14. The predicted octanol–water partition coefficient (Wildman–Crippen LogP) is 3.60. The molecule has 0 bridgehead atoms. The van der Waals surface area contributed by atoms with E-state index in [4.69, 9.17) is 9.84 Å². The summed E-state index contributed by atoms with van der Waals surface area (Å²) < 4.78 is 33.6. The van der Waals surface area contributed by atoms with Crippen LogP contribution in [0.2, 0.25) is 0 Å². The lowest BCUT2D eigenvalue weighted by Gasteiger charge is -2.12. The molecule has 0 aliphatic heterocycles. The monoisotopic (exact) mass is 413 g/mol. The van der Waals surface area contributed by atoms with Gasteiger partial charge in [-0.25, -0.2) is 17.9 Å². The summed E-state index contributed by atoms with van der Waals surface area (Å²) in [6.07, 6.45) is 2.52. The Hall–Kier alpha value is -2.90. The Morgan fingerprint density at radius 3 is 2.38 bits per heavy atom. The first kappa shape index (κ1) is 20.8. The number of hydrogen-bond acceptors (Lipinski definition) is 4. The molecule has 0 heterocycles. The highest BCUT2D eigenvalue weighted by molar-refractivity contribution is 7.89. The van der Waals surface area contributed by atoms with E-state index in [1.54, 1.807) is 30.3 Å². The summed E-state index contributed by atoms with van der Waals surface area (Å²) in [5.74, 6) is -0.757. The van der Waals surface area contributed by atoms with Crippen LogP contribution in [0.5, 0.6) is 5.75 Å². The first-order valence-corrected chi connectivity index (χ1v) is 10.9. The van der Waals surface area contributed by atoms with Gasteiger partial charge in [-0.2, -0.15) is 0 Å². The van der Waals surface area contributed by atoms with Gasteiger partial charge in [0.25, 0.3) is 0 Å². The van der Waals surface area contributed by atoms with E-state index in [1.807, 2.05) is 18.2 Å². The van der Waals surface area contributed by atoms with E-state index in [0.717, 1.165) is 19.3 Å². The zero-order chi connectivity index (χ0) is 20.7. The molecule has 3 aromatic carbocycles. The molecule has 152 valence electrons. The average Bonchev–Trinajstić information content (AvgIpc) is 2.72. The van der Waals surface area contributed by atoms with E-state index >= 15 is 0 Å². The van der Waals surface area contributed by atoms with Gasteiger partial charge in [-0.05, 0) is 37.0 Å². The molecule has 0 spiro atoms. The van der Waals surface area contributed by atoms with Crippen LogP contribution in [0.3, 0.4) is 0 Å². The third-order valence-electron chi connectivity index (χ3n) is 4.51. The van der Waals surface area contributed by atoms with Crippen molar-refractivity contribution in [3.8, 4) is 5.75 Å². The van der Waals surface area contributed by atoms with Crippen molar-refractivity contribution in [3.05, 3.63) is 72.3 Å². The lowest BCUT2D eigenvalue weighted by atomic mass is 10.1. The van der Waals surface area contributed by atoms with Crippen molar-refractivity contribution in [2.45, 2.75) is 24.2 Å². The van der Waals surface area contributed by atoms with Crippen molar-refractivity contribution in [3.63, 3.8) is 0 Å². The Labute approximate surface area is 170 Å². The Balaban J connectivity index is 1.68. The summed E-state index contributed by atoms with van der Waals surface area (Å²) in [6, 6.07) is 19.9. The SMILES string of the molecule is O=C(O)COc1cccc2c(S(=O)(=O)NCCCCc3ccccc3)cccc12. The second-order valence-electron chi connectivity index (χ2n) is 6.63. The minimum Gasteiger partial charge on any atom is -0.481 e. The van der Waals surface area contributed by atoms with Crippen LogP contribution in [-0.2, 0) is 21.2 Å². The molecule has 0 saturated heterocycles. The van der Waals surface area contributed by atoms with Crippen LogP contribution < -0.4 is 9.46 Å². The van der Waals surface area contributed by atoms with Gasteiger partial charge in [-0.15, -0.1) is 0 Å². The summed E-state index contributed by atoms with van der Waals surface area (Å²) in [5.41, 5.74) is 1.23. The molecule has 0 fully saturated rings. The Kier molecular flexibility index (Phi) is 6.85. The Bertz CT molecular complexity index is 1080. The molecule has 29 heavy (non-hydrogen) atoms. The number of benzene rings is 3. The summed E-state index contributed by atoms with van der Waals surface area (Å²) >= 11 is 0. The maximum atomic E-state index is 12.8. The summed E-state index contributed by atoms with van der Waals surface area (Å²) in [7, 11) is -3.70. The van der Waals surface area contributed by atoms with Gasteiger partial charge in [0.1, 0.15) is 5.75 Å². The number of ether oxygens (including phenoxy) is 1. The standard InChI is InChI=1S/C22H23NO5S/c24-22(25)16-28-20-13-6-12-19-18(20)11-7-14-21(19)29(26,27)23-15-5-4-10-17-8-2-1-3-9-17/h1-3,6-9,11-14,23H,4-5,10,15-16H2,(H,24,25). The minimum absolute atomic E-state index is 0.152. The number of unbranched alkanes of at least 4 members (excludes halogenated alkanes) is 1. The lowest BCUT2D eigenvalue weighted by molar-refractivity contribution is -0.139. The molecule has 0 amide bonds. The van der Waals surface area contributed by atoms with E-state index in [0.29, 0.717) is 23.1 Å². The maximum absolute atomic E-state index is 12.8. The molecule has 0 atom stereocenters. The topological polar surface area (TPSA) is 92.7 Å². The largest absolute Gasteiger partial charge is 0.481 e. The number of nitrogens with one attached hydrogen (secondary N) is 1. The molecule has 0 aliphatic carbocycles. The highest BCUT2D eigenvalue weighted by Gasteiger charge is 2.18. The van der Waals surface area contributed by atoms with E-state index in [-0.39, 0.29) is 4.90 Å². The van der Waals surface area contributed by atoms with Crippen molar-refractivity contribution in [2.24, 2.45) is 0 Å². The number of aryl methyl sites for hydroxylation is 1. The fraction of sp³-hybridized carbons (Fsp3) is 0.227.